The van der Waals surface area contributed by atoms with Crippen LogP contribution in [0.3, 0.4) is 0 Å². The first-order chi connectivity index (χ1) is 7.83. The molecule has 0 spiro atoms. The van der Waals surface area contributed by atoms with E-state index >= 15 is 0 Å². The van der Waals surface area contributed by atoms with Crippen LogP contribution in [0.2, 0.25) is 0 Å². The molecule has 0 radical (unpaired) electrons. The summed E-state index contributed by atoms with van der Waals surface area (Å²) in [6.45, 7) is 6.08. The maximum absolute atomic E-state index is 12.1. The van der Waals surface area contributed by atoms with Crippen molar-refractivity contribution in [1.29, 1.82) is 0 Å². The van der Waals surface area contributed by atoms with Gasteiger partial charge in [-0.1, -0.05) is 32.9 Å². The van der Waals surface area contributed by atoms with Gasteiger partial charge in [-0.15, -0.1) is 0 Å². The molecule has 0 amide bonds. The van der Waals surface area contributed by atoms with Gasteiger partial charge in [-0.25, -0.2) is 8.42 Å². The summed E-state index contributed by atoms with van der Waals surface area (Å²) in [7, 11) is -3.15. The monoisotopic (exact) mass is 253 g/mol. The third-order valence-corrected chi connectivity index (χ3v) is 5.50. The second kappa shape index (κ2) is 4.10. The zero-order valence-electron chi connectivity index (χ0n) is 10.5. The average molecular weight is 253 g/mol. The molecule has 1 aliphatic heterocycles. The standard InChI is InChI=1S/C13H19NO2S/c1-8(2)10-4-5-12-11(6-10)13(14)9(3)7-17(12,15)16/h4-6,8-9,13H,7,14H2,1-3H3. The SMILES string of the molecule is CC(C)c1ccc2c(c1)C(N)C(C)CS2(=O)=O. The quantitative estimate of drug-likeness (QED) is 0.835. The van der Waals surface area contributed by atoms with Gasteiger partial charge in [-0.2, -0.15) is 0 Å². The van der Waals surface area contributed by atoms with Crippen LogP contribution in [0.4, 0.5) is 0 Å². The molecular formula is C13H19NO2S. The summed E-state index contributed by atoms with van der Waals surface area (Å²) in [5.74, 6) is 0.518. The van der Waals surface area contributed by atoms with Crippen molar-refractivity contribution in [1.82, 2.24) is 0 Å². The highest BCUT2D eigenvalue weighted by Crippen LogP contribution is 2.35. The van der Waals surface area contributed by atoms with E-state index in [0.29, 0.717) is 10.8 Å². The van der Waals surface area contributed by atoms with Gasteiger partial charge in [0.25, 0.3) is 0 Å². The summed E-state index contributed by atoms with van der Waals surface area (Å²) >= 11 is 0. The average Bonchev–Trinajstić information content (AvgIpc) is 2.25. The summed E-state index contributed by atoms with van der Waals surface area (Å²) in [6.07, 6.45) is 0. The molecule has 0 saturated heterocycles. The highest BCUT2D eigenvalue weighted by Gasteiger charge is 2.33. The normalized spacial score (nSPS) is 26.9. The first kappa shape index (κ1) is 12.6. The van der Waals surface area contributed by atoms with E-state index in [1.807, 2.05) is 19.1 Å². The van der Waals surface area contributed by atoms with Crippen molar-refractivity contribution in [3.8, 4) is 0 Å². The number of benzene rings is 1. The molecule has 0 fully saturated rings. The lowest BCUT2D eigenvalue weighted by Crippen LogP contribution is -2.32. The van der Waals surface area contributed by atoms with E-state index < -0.39 is 9.84 Å². The molecule has 1 aliphatic rings. The molecule has 4 heteroatoms. The van der Waals surface area contributed by atoms with E-state index in [0.717, 1.165) is 11.1 Å². The van der Waals surface area contributed by atoms with Crippen molar-refractivity contribution in [2.45, 2.75) is 37.6 Å². The fraction of sp³-hybridized carbons (Fsp3) is 0.538. The van der Waals surface area contributed by atoms with Crippen molar-refractivity contribution in [2.75, 3.05) is 5.75 Å². The molecule has 17 heavy (non-hydrogen) atoms. The number of fused-ring (bicyclic) bond motifs is 1. The fourth-order valence-corrected chi connectivity index (χ4v) is 4.22. The second-order valence-electron chi connectivity index (χ2n) is 5.24. The van der Waals surface area contributed by atoms with Crippen molar-refractivity contribution < 1.29 is 8.42 Å². The Labute approximate surface area is 103 Å². The van der Waals surface area contributed by atoms with Crippen molar-refractivity contribution >= 4 is 9.84 Å². The van der Waals surface area contributed by atoms with Crippen LogP contribution < -0.4 is 5.73 Å². The van der Waals surface area contributed by atoms with Gasteiger partial charge in [0.15, 0.2) is 9.84 Å². The topological polar surface area (TPSA) is 60.2 Å². The maximum atomic E-state index is 12.1. The Morgan fingerprint density at radius 1 is 1.35 bits per heavy atom. The predicted molar refractivity (Wildman–Crippen MR) is 68.7 cm³/mol. The van der Waals surface area contributed by atoms with Gasteiger partial charge < -0.3 is 5.73 Å². The van der Waals surface area contributed by atoms with Crippen LogP contribution in [0.1, 0.15) is 43.9 Å². The van der Waals surface area contributed by atoms with Crippen LogP contribution in [0.25, 0.3) is 0 Å². The van der Waals surface area contributed by atoms with Crippen LogP contribution in [0, 0.1) is 5.92 Å². The number of rotatable bonds is 1. The number of hydrogen-bond acceptors (Lipinski definition) is 3. The molecule has 0 saturated carbocycles. The van der Waals surface area contributed by atoms with Gasteiger partial charge in [0.05, 0.1) is 10.6 Å². The Kier molecular flexibility index (Phi) is 3.04. The Hall–Kier alpha value is -0.870. The number of hydrogen-bond donors (Lipinski definition) is 1. The Bertz CT molecular complexity index is 534. The van der Waals surface area contributed by atoms with E-state index in [2.05, 4.69) is 13.8 Å². The van der Waals surface area contributed by atoms with Gasteiger partial charge >= 0.3 is 0 Å². The summed E-state index contributed by atoms with van der Waals surface area (Å²) in [6, 6.07) is 5.39. The smallest absolute Gasteiger partial charge is 0.179 e. The minimum absolute atomic E-state index is 0.0186. The Morgan fingerprint density at radius 2 is 2.00 bits per heavy atom. The predicted octanol–water partition coefficient (Wildman–Crippen LogP) is 2.23. The van der Waals surface area contributed by atoms with Crippen LogP contribution >= 0.6 is 0 Å². The van der Waals surface area contributed by atoms with Crippen molar-refractivity contribution in [3.05, 3.63) is 29.3 Å². The van der Waals surface area contributed by atoms with Crippen molar-refractivity contribution in [2.24, 2.45) is 11.7 Å². The third-order valence-electron chi connectivity index (χ3n) is 3.49. The second-order valence-corrected chi connectivity index (χ2v) is 7.24. The van der Waals surface area contributed by atoms with Crippen LogP contribution in [0.15, 0.2) is 23.1 Å². The first-order valence-electron chi connectivity index (χ1n) is 5.95. The highest BCUT2D eigenvalue weighted by molar-refractivity contribution is 7.91. The number of nitrogens with two attached hydrogens (primary N) is 1. The van der Waals surface area contributed by atoms with E-state index in [4.69, 9.17) is 5.73 Å². The lowest BCUT2D eigenvalue weighted by Gasteiger charge is -2.29. The molecule has 2 N–H and O–H groups in total. The first-order valence-corrected chi connectivity index (χ1v) is 7.60. The molecule has 2 rings (SSSR count). The largest absolute Gasteiger partial charge is 0.324 e. The van der Waals surface area contributed by atoms with Gasteiger partial charge in [-0.3, -0.25) is 0 Å². The third kappa shape index (κ3) is 2.11. The molecule has 2 atom stereocenters. The van der Waals surface area contributed by atoms with Gasteiger partial charge in [0.1, 0.15) is 0 Å². The van der Waals surface area contributed by atoms with Crippen LogP contribution in [-0.4, -0.2) is 14.2 Å². The highest BCUT2D eigenvalue weighted by atomic mass is 32.2. The fourth-order valence-electron chi connectivity index (χ4n) is 2.32. The Morgan fingerprint density at radius 3 is 2.59 bits per heavy atom. The maximum Gasteiger partial charge on any atom is 0.179 e. The summed E-state index contributed by atoms with van der Waals surface area (Å²) in [4.78, 5) is 0.424. The molecule has 0 bridgehead atoms. The Balaban J connectivity index is 2.63. The molecule has 1 aromatic carbocycles. The van der Waals surface area contributed by atoms with Gasteiger partial charge in [0, 0.05) is 6.04 Å². The molecule has 2 unspecified atom stereocenters. The lowest BCUT2D eigenvalue weighted by atomic mass is 9.92. The van der Waals surface area contributed by atoms with E-state index in [1.54, 1.807) is 6.07 Å². The molecule has 1 aromatic rings. The minimum Gasteiger partial charge on any atom is -0.324 e. The summed E-state index contributed by atoms with van der Waals surface area (Å²) < 4.78 is 24.1. The summed E-state index contributed by atoms with van der Waals surface area (Å²) in [5, 5.41) is 0. The summed E-state index contributed by atoms with van der Waals surface area (Å²) in [5.41, 5.74) is 8.04. The van der Waals surface area contributed by atoms with Crippen LogP contribution in [0.5, 0.6) is 0 Å². The van der Waals surface area contributed by atoms with E-state index in [9.17, 15) is 8.42 Å². The zero-order valence-corrected chi connectivity index (χ0v) is 11.3. The molecule has 0 aliphatic carbocycles. The van der Waals surface area contributed by atoms with E-state index in [1.165, 1.54) is 0 Å². The molecule has 3 nitrogen and oxygen atoms in total. The van der Waals surface area contributed by atoms with Gasteiger partial charge in [-0.05, 0) is 29.0 Å². The van der Waals surface area contributed by atoms with Crippen molar-refractivity contribution in [3.63, 3.8) is 0 Å². The number of sulfone groups is 1. The lowest BCUT2D eigenvalue weighted by molar-refractivity contribution is 0.478. The van der Waals surface area contributed by atoms with E-state index in [-0.39, 0.29) is 17.7 Å². The van der Waals surface area contributed by atoms with Gasteiger partial charge in [0.2, 0.25) is 0 Å². The molecule has 0 aromatic heterocycles. The zero-order chi connectivity index (χ0) is 12.8. The van der Waals surface area contributed by atoms with Crippen LogP contribution in [-0.2, 0) is 9.84 Å². The molecule has 94 valence electrons. The minimum atomic E-state index is -3.15. The molecule has 1 heterocycles. The molecular weight excluding hydrogens is 234 g/mol.